The van der Waals surface area contributed by atoms with Crippen LogP contribution in [0.15, 0.2) is 24.3 Å². The first-order valence-electron chi connectivity index (χ1n) is 7.42. The second kappa shape index (κ2) is 5.74. The number of aliphatic hydroxyl groups excluding tert-OH is 1. The molecule has 0 aromatic heterocycles. The summed E-state index contributed by atoms with van der Waals surface area (Å²) in [4.78, 5) is 14.6. The number of hydrogen-bond donors (Lipinski definition) is 1. The Labute approximate surface area is 124 Å². The smallest absolute Gasteiger partial charge is 0.255 e. The van der Waals surface area contributed by atoms with E-state index < -0.39 is 0 Å². The molecule has 1 N–H and O–H groups in total. The number of halogens is 1. The third-order valence-corrected chi connectivity index (χ3v) is 5.02. The zero-order chi connectivity index (χ0) is 14.1. The van der Waals surface area contributed by atoms with Crippen LogP contribution in [-0.4, -0.2) is 34.6 Å². The molecule has 3 nitrogen and oxygen atoms in total. The van der Waals surface area contributed by atoms with E-state index in [0.29, 0.717) is 10.6 Å². The summed E-state index contributed by atoms with van der Waals surface area (Å²) in [5, 5.41) is 10.6. The standard InChI is InChI=1S/C16H20ClNO2/c17-13-7-2-1-5-11(13)16(20)18-10-4-8-14(18)12-6-3-9-15(12)19/h1-2,5,7,12,14-15,19H,3-4,6,8-10H2. The molecule has 1 aromatic carbocycles. The Morgan fingerprint density at radius 2 is 2.00 bits per heavy atom. The van der Waals surface area contributed by atoms with Crippen LogP contribution in [0.2, 0.25) is 5.02 Å². The van der Waals surface area contributed by atoms with Crippen molar-refractivity contribution in [2.45, 2.75) is 44.2 Å². The molecular weight excluding hydrogens is 274 g/mol. The van der Waals surface area contributed by atoms with Gasteiger partial charge in [0.1, 0.15) is 0 Å². The predicted molar refractivity (Wildman–Crippen MR) is 78.9 cm³/mol. The van der Waals surface area contributed by atoms with Gasteiger partial charge in [-0.3, -0.25) is 4.79 Å². The molecule has 0 bridgehead atoms. The van der Waals surface area contributed by atoms with Crippen molar-refractivity contribution >= 4 is 17.5 Å². The van der Waals surface area contributed by atoms with Crippen molar-refractivity contribution in [1.82, 2.24) is 4.90 Å². The van der Waals surface area contributed by atoms with Crippen LogP contribution >= 0.6 is 11.6 Å². The number of likely N-dealkylation sites (tertiary alicyclic amines) is 1. The second-order valence-electron chi connectivity index (χ2n) is 5.85. The topological polar surface area (TPSA) is 40.5 Å². The molecule has 1 aromatic rings. The first-order chi connectivity index (χ1) is 9.68. The van der Waals surface area contributed by atoms with Crippen LogP contribution in [0, 0.1) is 5.92 Å². The fourth-order valence-electron chi connectivity index (χ4n) is 3.70. The van der Waals surface area contributed by atoms with Gasteiger partial charge < -0.3 is 10.0 Å². The van der Waals surface area contributed by atoms with Crippen molar-refractivity contribution in [1.29, 1.82) is 0 Å². The van der Waals surface area contributed by atoms with Gasteiger partial charge in [0, 0.05) is 18.5 Å². The Bertz CT molecular complexity index is 505. The average Bonchev–Trinajstić information content (AvgIpc) is 3.06. The zero-order valence-electron chi connectivity index (χ0n) is 11.5. The molecule has 3 unspecified atom stereocenters. The third-order valence-electron chi connectivity index (χ3n) is 4.69. The van der Waals surface area contributed by atoms with E-state index in [1.165, 1.54) is 0 Å². The molecule has 1 heterocycles. The van der Waals surface area contributed by atoms with Gasteiger partial charge in [-0.05, 0) is 37.8 Å². The van der Waals surface area contributed by atoms with E-state index in [0.717, 1.165) is 38.6 Å². The van der Waals surface area contributed by atoms with E-state index in [1.54, 1.807) is 12.1 Å². The number of carbonyl (C=O) groups excluding carboxylic acids is 1. The lowest BCUT2D eigenvalue weighted by molar-refractivity contribution is 0.0528. The summed E-state index contributed by atoms with van der Waals surface area (Å²) in [7, 11) is 0. The number of amides is 1. The minimum Gasteiger partial charge on any atom is -0.393 e. The Balaban J connectivity index is 1.82. The van der Waals surface area contributed by atoms with Crippen LogP contribution in [0.5, 0.6) is 0 Å². The van der Waals surface area contributed by atoms with Crippen molar-refractivity contribution in [3.8, 4) is 0 Å². The quantitative estimate of drug-likeness (QED) is 0.910. The van der Waals surface area contributed by atoms with Crippen LogP contribution in [-0.2, 0) is 0 Å². The lowest BCUT2D eigenvalue weighted by atomic mass is 9.93. The van der Waals surface area contributed by atoms with Crippen molar-refractivity contribution in [3.63, 3.8) is 0 Å². The highest BCUT2D eigenvalue weighted by Gasteiger charge is 2.40. The Hall–Kier alpha value is -1.06. The number of hydrogen-bond acceptors (Lipinski definition) is 2. The van der Waals surface area contributed by atoms with E-state index in [9.17, 15) is 9.90 Å². The van der Waals surface area contributed by atoms with Gasteiger partial charge in [0.15, 0.2) is 0 Å². The fourth-order valence-corrected chi connectivity index (χ4v) is 3.91. The summed E-state index contributed by atoms with van der Waals surface area (Å²) in [6.07, 6.45) is 4.73. The highest BCUT2D eigenvalue weighted by atomic mass is 35.5. The minimum absolute atomic E-state index is 0.0113. The molecule has 0 radical (unpaired) electrons. The molecule has 2 fully saturated rings. The van der Waals surface area contributed by atoms with Crippen LogP contribution in [0.25, 0.3) is 0 Å². The maximum Gasteiger partial charge on any atom is 0.255 e. The molecule has 1 aliphatic carbocycles. The van der Waals surface area contributed by atoms with E-state index in [-0.39, 0.29) is 24.0 Å². The van der Waals surface area contributed by atoms with Gasteiger partial charge >= 0.3 is 0 Å². The molecule has 20 heavy (non-hydrogen) atoms. The normalized spacial score (nSPS) is 29.9. The van der Waals surface area contributed by atoms with Gasteiger partial charge in [-0.1, -0.05) is 30.2 Å². The zero-order valence-corrected chi connectivity index (χ0v) is 12.2. The number of rotatable bonds is 2. The predicted octanol–water partition coefficient (Wildman–Crippen LogP) is 3.11. The van der Waals surface area contributed by atoms with E-state index >= 15 is 0 Å². The number of aliphatic hydroxyl groups is 1. The fraction of sp³-hybridized carbons (Fsp3) is 0.562. The summed E-state index contributed by atoms with van der Waals surface area (Å²) >= 11 is 6.14. The molecule has 3 atom stereocenters. The second-order valence-corrected chi connectivity index (χ2v) is 6.26. The van der Waals surface area contributed by atoms with Gasteiger partial charge in [0.25, 0.3) is 5.91 Å². The molecule has 3 rings (SSSR count). The summed E-state index contributed by atoms with van der Waals surface area (Å²) in [5.74, 6) is 0.251. The highest BCUT2D eigenvalue weighted by molar-refractivity contribution is 6.33. The molecule has 4 heteroatoms. The Morgan fingerprint density at radius 1 is 1.20 bits per heavy atom. The van der Waals surface area contributed by atoms with E-state index in [1.807, 2.05) is 17.0 Å². The number of nitrogens with zero attached hydrogens (tertiary/aromatic N) is 1. The first kappa shape index (κ1) is 13.9. The minimum atomic E-state index is -0.250. The highest BCUT2D eigenvalue weighted by Crippen LogP contribution is 2.36. The SMILES string of the molecule is O=C(c1ccccc1Cl)N1CCCC1C1CCCC1O. The molecule has 1 aliphatic heterocycles. The Kier molecular flexibility index (Phi) is 3.99. The van der Waals surface area contributed by atoms with Crippen LogP contribution in [0.1, 0.15) is 42.5 Å². The van der Waals surface area contributed by atoms with E-state index in [4.69, 9.17) is 11.6 Å². The summed E-state index contributed by atoms with van der Waals surface area (Å²) < 4.78 is 0. The van der Waals surface area contributed by atoms with Crippen molar-refractivity contribution in [2.24, 2.45) is 5.92 Å². The molecular formula is C16H20ClNO2. The van der Waals surface area contributed by atoms with Crippen molar-refractivity contribution in [3.05, 3.63) is 34.9 Å². The third kappa shape index (κ3) is 2.45. The molecule has 1 saturated carbocycles. The number of benzene rings is 1. The monoisotopic (exact) mass is 293 g/mol. The van der Waals surface area contributed by atoms with E-state index in [2.05, 4.69) is 0 Å². The molecule has 108 valence electrons. The van der Waals surface area contributed by atoms with Crippen LogP contribution in [0.3, 0.4) is 0 Å². The first-order valence-corrected chi connectivity index (χ1v) is 7.80. The van der Waals surface area contributed by atoms with Crippen LogP contribution < -0.4 is 0 Å². The summed E-state index contributed by atoms with van der Waals surface area (Å²) in [6, 6.07) is 7.39. The van der Waals surface area contributed by atoms with Gasteiger partial charge in [0.2, 0.25) is 0 Å². The molecule has 1 saturated heterocycles. The van der Waals surface area contributed by atoms with Crippen LogP contribution in [0.4, 0.5) is 0 Å². The van der Waals surface area contributed by atoms with Crippen molar-refractivity contribution < 1.29 is 9.90 Å². The lowest BCUT2D eigenvalue weighted by Gasteiger charge is -2.31. The Morgan fingerprint density at radius 3 is 2.70 bits per heavy atom. The maximum absolute atomic E-state index is 12.7. The lowest BCUT2D eigenvalue weighted by Crippen LogP contribution is -2.42. The molecule has 2 aliphatic rings. The average molecular weight is 294 g/mol. The van der Waals surface area contributed by atoms with Gasteiger partial charge in [-0.15, -0.1) is 0 Å². The van der Waals surface area contributed by atoms with Gasteiger partial charge in [0.05, 0.1) is 16.7 Å². The molecule has 0 spiro atoms. The van der Waals surface area contributed by atoms with Gasteiger partial charge in [-0.2, -0.15) is 0 Å². The summed E-state index contributed by atoms with van der Waals surface area (Å²) in [6.45, 7) is 0.776. The maximum atomic E-state index is 12.7. The number of carbonyl (C=O) groups is 1. The van der Waals surface area contributed by atoms with Gasteiger partial charge in [-0.25, -0.2) is 0 Å². The summed E-state index contributed by atoms with van der Waals surface area (Å²) in [5.41, 5.74) is 0.577. The largest absolute Gasteiger partial charge is 0.393 e. The van der Waals surface area contributed by atoms with Crippen molar-refractivity contribution in [2.75, 3.05) is 6.54 Å². The molecule has 1 amide bonds.